The molecule has 3 unspecified atom stereocenters. The summed E-state index contributed by atoms with van der Waals surface area (Å²) in [7, 11) is 0. The molecule has 102 valence electrons. The van der Waals surface area contributed by atoms with Crippen LogP contribution in [0.4, 0.5) is 0 Å². The molecule has 1 amide bonds. The lowest BCUT2D eigenvalue weighted by molar-refractivity contribution is -0.151. The number of amides is 1. The summed E-state index contributed by atoms with van der Waals surface area (Å²) in [5, 5.41) is 11.5. The number of ether oxygens (including phenoxy) is 2. The molecule has 0 spiro atoms. The Morgan fingerprint density at radius 1 is 1.17 bits per heavy atom. The van der Waals surface area contributed by atoms with Gasteiger partial charge in [-0.3, -0.25) is 4.79 Å². The molecule has 0 aromatic heterocycles. The molecule has 6 heteroatoms. The van der Waals surface area contributed by atoms with E-state index in [1.807, 2.05) is 0 Å². The number of carboxylic acids is 1. The Morgan fingerprint density at radius 2 is 1.94 bits per heavy atom. The Kier molecular flexibility index (Phi) is 4.54. The van der Waals surface area contributed by atoms with Gasteiger partial charge in [-0.25, -0.2) is 4.79 Å². The van der Waals surface area contributed by atoms with Crippen LogP contribution in [0.3, 0.4) is 0 Å². The molecular formula is C12H19NO5. The molecular weight excluding hydrogens is 238 g/mol. The van der Waals surface area contributed by atoms with Crippen LogP contribution in [-0.4, -0.2) is 48.4 Å². The van der Waals surface area contributed by atoms with Crippen LogP contribution in [0.2, 0.25) is 0 Å². The van der Waals surface area contributed by atoms with Crippen LogP contribution in [-0.2, 0) is 19.1 Å². The highest BCUT2D eigenvalue weighted by molar-refractivity contribution is 5.82. The van der Waals surface area contributed by atoms with Gasteiger partial charge in [-0.1, -0.05) is 0 Å². The van der Waals surface area contributed by atoms with Gasteiger partial charge in [0.25, 0.3) is 0 Å². The molecule has 2 aliphatic heterocycles. The van der Waals surface area contributed by atoms with E-state index in [-0.39, 0.29) is 12.0 Å². The molecule has 2 N–H and O–H groups in total. The summed E-state index contributed by atoms with van der Waals surface area (Å²) in [6.45, 7) is 1.23. The molecule has 0 radical (unpaired) electrons. The van der Waals surface area contributed by atoms with Gasteiger partial charge < -0.3 is 19.9 Å². The summed E-state index contributed by atoms with van der Waals surface area (Å²) in [4.78, 5) is 22.5. The molecule has 2 fully saturated rings. The number of rotatable bonds is 4. The fourth-order valence-corrected chi connectivity index (χ4v) is 2.31. The number of hydrogen-bond donors (Lipinski definition) is 2. The van der Waals surface area contributed by atoms with E-state index < -0.39 is 18.2 Å². The summed E-state index contributed by atoms with van der Waals surface area (Å²) in [5.74, 6) is -1.23. The number of carbonyl (C=O) groups is 2. The van der Waals surface area contributed by atoms with Crippen LogP contribution >= 0.6 is 0 Å². The van der Waals surface area contributed by atoms with Gasteiger partial charge in [0.05, 0.1) is 6.10 Å². The Hall–Kier alpha value is -1.14. The fraction of sp³-hybridized carbons (Fsp3) is 0.833. The lowest BCUT2D eigenvalue weighted by Gasteiger charge is -2.23. The van der Waals surface area contributed by atoms with Crippen molar-refractivity contribution >= 4 is 11.9 Å². The SMILES string of the molecule is O=C(O)C1CCC(C(=O)NCC2CCCCO2)O1. The topological polar surface area (TPSA) is 84.9 Å². The Bertz CT molecular complexity index is 314. The molecule has 0 aromatic carbocycles. The first-order valence-electron chi connectivity index (χ1n) is 6.44. The van der Waals surface area contributed by atoms with E-state index in [1.165, 1.54) is 0 Å². The Morgan fingerprint density at radius 3 is 2.56 bits per heavy atom. The van der Waals surface area contributed by atoms with Crippen molar-refractivity contribution in [2.24, 2.45) is 0 Å². The second-order valence-electron chi connectivity index (χ2n) is 4.76. The highest BCUT2D eigenvalue weighted by Gasteiger charge is 2.34. The molecule has 18 heavy (non-hydrogen) atoms. The molecule has 0 bridgehead atoms. The summed E-state index contributed by atoms with van der Waals surface area (Å²) < 4.78 is 10.7. The van der Waals surface area contributed by atoms with Crippen LogP contribution in [0.25, 0.3) is 0 Å². The van der Waals surface area contributed by atoms with Crippen LogP contribution < -0.4 is 5.32 Å². The van der Waals surface area contributed by atoms with Crippen molar-refractivity contribution in [2.75, 3.05) is 13.2 Å². The largest absolute Gasteiger partial charge is 0.479 e. The minimum atomic E-state index is -0.999. The maximum atomic E-state index is 11.8. The number of carbonyl (C=O) groups excluding carboxylic acids is 1. The zero-order valence-electron chi connectivity index (χ0n) is 10.3. The van der Waals surface area contributed by atoms with Gasteiger partial charge in [0, 0.05) is 13.2 Å². The quantitative estimate of drug-likeness (QED) is 0.757. The van der Waals surface area contributed by atoms with E-state index in [2.05, 4.69) is 5.32 Å². The first-order valence-corrected chi connectivity index (χ1v) is 6.44. The van der Waals surface area contributed by atoms with Gasteiger partial charge in [0.15, 0.2) is 6.10 Å². The van der Waals surface area contributed by atoms with Crippen molar-refractivity contribution in [3.05, 3.63) is 0 Å². The van der Waals surface area contributed by atoms with Gasteiger partial charge in [-0.05, 0) is 32.1 Å². The molecule has 0 aliphatic carbocycles. The molecule has 2 saturated heterocycles. The molecule has 3 atom stereocenters. The summed E-state index contributed by atoms with van der Waals surface area (Å²) in [6.07, 6.45) is 2.64. The second-order valence-corrected chi connectivity index (χ2v) is 4.76. The van der Waals surface area contributed by atoms with E-state index >= 15 is 0 Å². The molecule has 0 aromatic rings. The number of carboxylic acid groups (broad SMARTS) is 1. The van der Waals surface area contributed by atoms with Gasteiger partial charge >= 0.3 is 5.97 Å². The van der Waals surface area contributed by atoms with Crippen LogP contribution in [0, 0.1) is 0 Å². The Labute approximate surface area is 106 Å². The standard InChI is InChI=1S/C12H19NO5/c14-11(9-4-5-10(18-9)12(15)16)13-7-8-3-1-2-6-17-8/h8-10H,1-7H2,(H,13,14)(H,15,16). The van der Waals surface area contributed by atoms with Crippen LogP contribution in [0.15, 0.2) is 0 Å². The van der Waals surface area contributed by atoms with E-state index in [4.69, 9.17) is 14.6 Å². The first-order chi connectivity index (χ1) is 8.66. The maximum absolute atomic E-state index is 11.8. The van der Waals surface area contributed by atoms with Gasteiger partial charge in [-0.2, -0.15) is 0 Å². The average Bonchev–Trinajstić information content (AvgIpc) is 2.87. The van der Waals surface area contributed by atoms with Gasteiger partial charge in [0.2, 0.25) is 5.91 Å². The lowest BCUT2D eigenvalue weighted by Crippen LogP contribution is -2.41. The van der Waals surface area contributed by atoms with Crippen LogP contribution in [0.5, 0.6) is 0 Å². The minimum absolute atomic E-state index is 0.0828. The van der Waals surface area contributed by atoms with Crippen molar-refractivity contribution in [3.63, 3.8) is 0 Å². The van der Waals surface area contributed by atoms with Crippen molar-refractivity contribution in [2.45, 2.75) is 50.4 Å². The second kappa shape index (κ2) is 6.15. The van der Waals surface area contributed by atoms with E-state index in [0.717, 1.165) is 25.9 Å². The summed E-state index contributed by atoms with van der Waals surface area (Å²) in [6, 6.07) is 0. The molecule has 6 nitrogen and oxygen atoms in total. The van der Waals surface area contributed by atoms with Crippen molar-refractivity contribution in [1.82, 2.24) is 5.32 Å². The van der Waals surface area contributed by atoms with Crippen molar-refractivity contribution in [3.8, 4) is 0 Å². The molecule has 2 aliphatic rings. The number of hydrogen-bond acceptors (Lipinski definition) is 4. The van der Waals surface area contributed by atoms with Crippen molar-refractivity contribution in [1.29, 1.82) is 0 Å². The first kappa shape index (κ1) is 13.3. The zero-order valence-corrected chi connectivity index (χ0v) is 10.3. The predicted molar refractivity (Wildman–Crippen MR) is 62.1 cm³/mol. The summed E-state index contributed by atoms with van der Waals surface area (Å²) >= 11 is 0. The molecule has 0 saturated carbocycles. The normalized spacial score (nSPS) is 32.1. The Balaban J connectivity index is 1.70. The van der Waals surface area contributed by atoms with Crippen LogP contribution in [0.1, 0.15) is 32.1 Å². The minimum Gasteiger partial charge on any atom is -0.479 e. The number of aliphatic carboxylic acids is 1. The summed E-state index contributed by atoms with van der Waals surface area (Å²) in [5.41, 5.74) is 0. The molecule has 2 heterocycles. The number of nitrogens with one attached hydrogen (secondary N) is 1. The average molecular weight is 257 g/mol. The molecule has 2 rings (SSSR count). The highest BCUT2D eigenvalue weighted by atomic mass is 16.5. The van der Waals surface area contributed by atoms with E-state index in [0.29, 0.717) is 19.4 Å². The smallest absolute Gasteiger partial charge is 0.332 e. The fourth-order valence-electron chi connectivity index (χ4n) is 2.31. The lowest BCUT2D eigenvalue weighted by atomic mass is 10.1. The van der Waals surface area contributed by atoms with Gasteiger partial charge in [-0.15, -0.1) is 0 Å². The van der Waals surface area contributed by atoms with E-state index in [1.54, 1.807) is 0 Å². The monoisotopic (exact) mass is 257 g/mol. The maximum Gasteiger partial charge on any atom is 0.332 e. The zero-order chi connectivity index (χ0) is 13.0. The van der Waals surface area contributed by atoms with Crippen molar-refractivity contribution < 1.29 is 24.2 Å². The predicted octanol–water partition coefficient (Wildman–Crippen LogP) is 0.304. The third-order valence-corrected chi connectivity index (χ3v) is 3.37. The highest BCUT2D eigenvalue weighted by Crippen LogP contribution is 2.20. The third-order valence-electron chi connectivity index (χ3n) is 3.37. The third kappa shape index (κ3) is 3.43. The van der Waals surface area contributed by atoms with E-state index in [9.17, 15) is 9.59 Å². The van der Waals surface area contributed by atoms with Gasteiger partial charge in [0.1, 0.15) is 6.10 Å².